The number of aromatic nitrogens is 1. The summed E-state index contributed by atoms with van der Waals surface area (Å²) in [6.07, 6.45) is 2.27. The Morgan fingerprint density at radius 3 is 2.38 bits per heavy atom. The molecule has 0 saturated carbocycles. The van der Waals surface area contributed by atoms with Crippen molar-refractivity contribution in [1.82, 2.24) is 10.3 Å². The second kappa shape index (κ2) is 10.8. The standard InChI is InChI=1S/C24H26N4O5S/c1-4-13-25-24(30)18-6-12-23(26-15-18)33-20-9-7-19(8-10-20)28-34(31,32)22-14-16(2)5-11-21(22)27-17(3)29/h5-12,14-15,28H,4,13H2,1-3H3,(H,25,30)(H,27,29). The Morgan fingerprint density at radius 1 is 1.03 bits per heavy atom. The molecule has 0 unspecified atom stereocenters. The van der Waals surface area contributed by atoms with Crippen molar-refractivity contribution in [1.29, 1.82) is 0 Å². The van der Waals surface area contributed by atoms with Crippen molar-refractivity contribution in [3.05, 3.63) is 71.9 Å². The number of hydrogen-bond acceptors (Lipinski definition) is 6. The lowest BCUT2D eigenvalue weighted by atomic mass is 10.2. The van der Waals surface area contributed by atoms with E-state index in [9.17, 15) is 18.0 Å². The molecule has 1 aromatic heterocycles. The van der Waals surface area contributed by atoms with Crippen LogP contribution in [0.1, 0.15) is 36.2 Å². The summed E-state index contributed by atoms with van der Waals surface area (Å²) in [5.74, 6) is 0.158. The molecule has 0 aliphatic carbocycles. The number of benzene rings is 2. The van der Waals surface area contributed by atoms with E-state index in [1.165, 1.54) is 19.2 Å². The van der Waals surface area contributed by atoms with E-state index in [1.54, 1.807) is 55.5 Å². The molecule has 2 aromatic carbocycles. The number of sulfonamides is 1. The predicted molar refractivity (Wildman–Crippen MR) is 130 cm³/mol. The average Bonchev–Trinajstić information content (AvgIpc) is 2.80. The van der Waals surface area contributed by atoms with Crippen molar-refractivity contribution in [2.45, 2.75) is 32.1 Å². The fraction of sp³-hybridized carbons (Fsp3) is 0.208. The third kappa shape index (κ3) is 6.55. The SMILES string of the molecule is CCCNC(=O)c1ccc(Oc2ccc(NS(=O)(=O)c3cc(C)ccc3NC(C)=O)cc2)nc1. The third-order valence-electron chi connectivity index (χ3n) is 4.60. The first-order valence-electron chi connectivity index (χ1n) is 10.6. The molecule has 1 heterocycles. The van der Waals surface area contributed by atoms with Gasteiger partial charge in [0.25, 0.3) is 15.9 Å². The monoisotopic (exact) mass is 482 g/mol. The Kier molecular flexibility index (Phi) is 7.85. The van der Waals surface area contributed by atoms with Crippen LogP contribution >= 0.6 is 0 Å². The number of anilines is 2. The van der Waals surface area contributed by atoms with Crippen LogP contribution in [-0.4, -0.2) is 31.8 Å². The Morgan fingerprint density at radius 2 is 1.76 bits per heavy atom. The summed E-state index contributed by atoms with van der Waals surface area (Å²) in [6, 6.07) is 14.2. The van der Waals surface area contributed by atoms with E-state index in [-0.39, 0.29) is 22.4 Å². The summed E-state index contributed by atoms with van der Waals surface area (Å²) in [4.78, 5) is 27.5. The molecule has 34 heavy (non-hydrogen) atoms. The van der Waals surface area contributed by atoms with E-state index in [2.05, 4.69) is 20.3 Å². The topological polar surface area (TPSA) is 126 Å². The van der Waals surface area contributed by atoms with Crippen LogP contribution in [0.25, 0.3) is 0 Å². The number of ether oxygens (including phenoxy) is 1. The summed E-state index contributed by atoms with van der Waals surface area (Å²) in [5.41, 5.74) is 1.68. The van der Waals surface area contributed by atoms with Gasteiger partial charge in [0, 0.05) is 31.4 Å². The van der Waals surface area contributed by atoms with Crippen LogP contribution in [0.4, 0.5) is 11.4 Å². The van der Waals surface area contributed by atoms with E-state index in [1.807, 2.05) is 6.92 Å². The minimum atomic E-state index is -3.96. The predicted octanol–water partition coefficient (Wildman–Crippen LogP) is 4.08. The Hall–Kier alpha value is -3.92. The molecule has 0 fully saturated rings. The maximum Gasteiger partial charge on any atom is 0.263 e. The van der Waals surface area contributed by atoms with Crippen LogP contribution in [0.2, 0.25) is 0 Å². The van der Waals surface area contributed by atoms with Gasteiger partial charge in [0.15, 0.2) is 0 Å². The maximum atomic E-state index is 12.9. The van der Waals surface area contributed by atoms with Crippen molar-refractivity contribution in [2.75, 3.05) is 16.6 Å². The molecule has 0 bridgehead atoms. The number of nitrogens with zero attached hydrogens (tertiary/aromatic N) is 1. The van der Waals surface area contributed by atoms with Gasteiger partial charge in [0.2, 0.25) is 11.8 Å². The van der Waals surface area contributed by atoms with E-state index in [4.69, 9.17) is 4.74 Å². The van der Waals surface area contributed by atoms with Gasteiger partial charge in [-0.25, -0.2) is 13.4 Å². The molecule has 2 amide bonds. The maximum absolute atomic E-state index is 12.9. The number of carbonyl (C=O) groups is 2. The normalized spacial score (nSPS) is 10.9. The van der Waals surface area contributed by atoms with Gasteiger partial charge in [-0.05, 0) is 61.4 Å². The summed E-state index contributed by atoms with van der Waals surface area (Å²) < 4.78 is 34.1. The Labute approximate surface area is 198 Å². The lowest BCUT2D eigenvalue weighted by Crippen LogP contribution is -2.23. The highest BCUT2D eigenvalue weighted by molar-refractivity contribution is 7.92. The zero-order valence-corrected chi connectivity index (χ0v) is 19.9. The van der Waals surface area contributed by atoms with Crippen LogP contribution < -0.4 is 20.1 Å². The number of nitrogens with one attached hydrogen (secondary N) is 3. The van der Waals surface area contributed by atoms with Gasteiger partial charge in [0.1, 0.15) is 10.6 Å². The molecule has 0 aliphatic heterocycles. The number of rotatable bonds is 9. The molecule has 0 spiro atoms. The Bertz CT molecular complexity index is 1270. The molecule has 178 valence electrons. The van der Waals surface area contributed by atoms with Gasteiger partial charge in [-0.3, -0.25) is 14.3 Å². The fourth-order valence-electron chi connectivity index (χ4n) is 2.98. The second-order valence-corrected chi connectivity index (χ2v) is 9.20. The second-order valence-electron chi connectivity index (χ2n) is 7.55. The molecular formula is C24H26N4O5S. The number of aryl methyl sites for hydroxylation is 1. The van der Waals surface area contributed by atoms with Gasteiger partial charge >= 0.3 is 0 Å². The first kappa shape index (κ1) is 24.7. The van der Waals surface area contributed by atoms with Gasteiger partial charge < -0.3 is 15.4 Å². The van der Waals surface area contributed by atoms with Crippen LogP contribution in [-0.2, 0) is 14.8 Å². The molecule has 3 aromatic rings. The number of amides is 2. The Balaban J connectivity index is 1.70. The highest BCUT2D eigenvalue weighted by Gasteiger charge is 2.20. The van der Waals surface area contributed by atoms with Crippen molar-refractivity contribution in [3.8, 4) is 11.6 Å². The summed E-state index contributed by atoms with van der Waals surface area (Å²) in [6.45, 7) is 5.63. The van der Waals surface area contributed by atoms with Gasteiger partial charge in [-0.1, -0.05) is 13.0 Å². The van der Waals surface area contributed by atoms with E-state index >= 15 is 0 Å². The lowest BCUT2D eigenvalue weighted by Gasteiger charge is -2.14. The molecule has 3 N–H and O–H groups in total. The lowest BCUT2D eigenvalue weighted by molar-refractivity contribution is -0.114. The van der Waals surface area contributed by atoms with Crippen molar-refractivity contribution >= 4 is 33.2 Å². The van der Waals surface area contributed by atoms with Crippen LogP contribution in [0, 0.1) is 6.92 Å². The van der Waals surface area contributed by atoms with Crippen molar-refractivity contribution in [3.63, 3.8) is 0 Å². The largest absolute Gasteiger partial charge is 0.439 e. The minimum absolute atomic E-state index is 0.0321. The molecule has 0 radical (unpaired) electrons. The fourth-order valence-corrected chi connectivity index (χ4v) is 4.29. The zero-order chi connectivity index (χ0) is 24.7. The van der Waals surface area contributed by atoms with Crippen molar-refractivity contribution < 1.29 is 22.7 Å². The molecule has 0 aliphatic rings. The molecule has 10 heteroatoms. The summed E-state index contributed by atoms with van der Waals surface area (Å²) in [5, 5.41) is 5.31. The molecule has 0 atom stereocenters. The van der Waals surface area contributed by atoms with Crippen LogP contribution in [0.5, 0.6) is 11.6 Å². The number of pyridine rings is 1. The highest BCUT2D eigenvalue weighted by Crippen LogP contribution is 2.27. The van der Waals surface area contributed by atoms with Gasteiger partial charge in [0.05, 0.1) is 11.3 Å². The highest BCUT2D eigenvalue weighted by atomic mass is 32.2. The van der Waals surface area contributed by atoms with E-state index in [0.717, 1.165) is 12.0 Å². The van der Waals surface area contributed by atoms with Crippen LogP contribution in [0.15, 0.2) is 65.7 Å². The first-order valence-corrected chi connectivity index (χ1v) is 12.1. The smallest absolute Gasteiger partial charge is 0.263 e. The molecule has 3 rings (SSSR count). The average molecular weight is 483 g/mol. The summed E-state index contributed by atoms with van der Waals surface area (Å²) >= 11 is 0. The summed E-state index contributed by atoms with van der Waals surface area (Å²) in [7, 11) is -3.96. The zero-order valence-electron chi connectivity index (χ0n) is 19.1. The van der Waals surface area contributed by atoms with Gasteiger partial charge in [-0.15, -0.1) is 0 Å². The quantitative estimate of drug-likeness (QED) is 0.422. The minimum Gasteiger partial charge on any atom is -0.439 e. The number of carbonyl (C=O) groups excluding carboxylic acids is 2. The number of hydrogen-bond donors (Lipinski definition) is 3. The molecular weight excluding hydrogens is 456 g/mol. The molecule has 9 nitrogen and oxygen atoms in total. The van der Waals surface area contributed by atoms with E-state index < -0.39 is 10.0 Å². The molecule has 0 saturated heterocycles. The van der Waals surface area contributed by atoms with E-state index in [0.29, 0.717) is 29.4 Å². The van der Waals surface area contributed by atoms with Gasteiger partial charge in [-0.2, -0.15) is 0 Å². The van der Waals surface area contributed by atoms with Crippen molar-refractivity contribution in [2.24, 2.45) is 0 Å². The third-order valence-corrected chi connectivity index (χ3v) is 6.02. The van der Waals surface area contributed by atoms with Crippen LogP contribution in [0.3, 0.4) is 0 Å². The first-order chi connectivity index (χ1) is 16.2.